The van der Waals surface area contributed by atoms with Gasteiger partial charge in [-0.05, 0) is 24.6 Å². The van der Waals surface area contributed by atoms with Crippen molar-refractivity contribution in [3.8, 4) is 0 Å². The molecule has 1 N–H and O–H groups in total. The third-order valence-corrected chi connectivity index (χ3v) is 3.59. The van der Waals surface area contributed by atoms with Crippen LogP contribution in [0.2, 0.25) is 5.28 Å². The summed E-state index contributed by atoms with van der Waals surface area (Å²) in [6, 6.07) is 7.74. The number of amides is 1. The smallest absolute Gasteiger partial charge is 0.291 e. The Morgan fingerprint density at radius 3 is 2.86 bits per heavy atom. The zero-order valence-electron chi connectivity index (χ0n) is 11.6. The van der Waals surface area contributed by atoms with Crippen LogP contribution in [-0.4, -0.2) is 20.7 Å². The van der Waals surface area contributed by atoms with Crippen LogP contribution in [0.15, 0.2) is 28.7 Å². The van der Waals surface area contributed by atoms with Crippen LogP contribution in [0.4, 0.5) is 0 Å². The van der Waals surface area contributed by atoms with Crippen LogP contribution in [0.3, 0.4) is 0 Å². The van der Waals surface area contributed by atoms with E-state index in [0.717, 1.165) is 16.5 Å². The average molecular weight is 305 g/mol. The molecular weight excluding hydrogens is 292 g/mol. The van der Waals surface area contributed by atoms with E-state index in [9.17, 15) is 4.79 Å². The highest BCUT2D eigenvalue weighted by atomic mass is 35.5. The van der Waals surface area contributed by atoms with Crippen LogP contribution < -0.4 is 5.32 Å². The second-order valence-corrected chi connectivity index (χ2v) is 5.00. The summed E-state index contributed by atoms with van der Waals surface area (Å²) < 4.78 is 7.06. The van der Waals surface area contributed by atoms with Crippen LogP contribution in [0.5, 0.6) is 0 Å². The lowest BCUT2D eigenvalue weighted by Crippen LogP contribution is -2.24. The Kier molecular flexibility index (Phi) is 3.39. The van der Waals surface area contributed by atoms with Crippen LogP contribution >= 0.6 is 11.6 Å². The number of benzene rings is 1. The fraction of sp³-hybridized carbons (Fsp3) is 0.214. The van der Waals surface area contributed by atoms with Crippen molar-refractivity contribution >= 4 is 28.5 Å². The second-order valence-electron chi connectivity index (χ2n) is 4.66. The lowest BCUT2D eigenvalue weighted by molar-refractivity contribution is 0.0937. The van der Waals surface area contributed by atoms with E-state index in [1.165, 1.54) is 4.68 Å². The highest BCUT2D eigenvalue weighted by Crippen LogP contribution is 2.24. The molecule has 21 heavy (non-hydrogen) atoms. The molecule has 0 fully saturated rings. The van der Waals surface area contributed by atoms with Gasteiger partial charge in [-0.3, -0.25) is 4.79 Å². The summed E-state index contributed by atoms with van der Waals surface area (Å²) in [5.74, 6) is 0.361. The van der Waals surface area contributed by atoms with E-state index in [4.69, 9.17) is 16.0 Å². The SMILES string of the molecule is Cc1c(CNC(=O)c2nc(Cl)n(C)n2)oc2ccccc12. The zero-order valence-corrected chi connectivity index (χ0v) is 12.3. The molecule has 0 aliphatic heterocycles. The highest BCUT2D eigenvalue weighted by Gasteiger charge is 2.15. The largest absolute Gasteiger partial charge is 0.459 e. The molecule has 0 unspecified atom stereocenters. The molecule has 0 saturated heterocycles. The Hall–Kier alpha value is -2.34. The molecular formula is C14H13ClN4O2. The molecule has 0 spiro atoms. The Bertz CT molecular complexity index is 802. The van der Waals surface area contributed by atoms with Crippen molar-refractivity contribution in [2.45, 2.75) is 13.5 Å². The number of rotatable bonds is 3. The summed E-state index contributed by atoms with van der Waals surface area (Å²) in [5, 5.41) is 7.86. The third kappa shape index (κ3) is 2.50. The molecule has 3 rings (SSSR count). The Balaban J connectivity index is 1.77. The summed E-state index contributed by atoms with van der Waals surface area (Å²) >= 11 is 5.76. The van der Waals surface area contributed by atoms with Gasteiger partial charge in [-0.25, -0.2) is 4.68 Å². The minimum absolute atomic E-state index is 0.0382. The van der Waals surface area contributed by atoms with E-state index >= 15 is 0 Å². The number of carbonyl (C=O) groups is 1. The number of hydrogen-bond donors (Lipinski definition) is 1. The van der Waals surface area contributed by atoms with Crippen molar-refractivity contribution in [1.29, 1.82) is 0 Å². The molecule has 7 heteroatoms. The maximum Gasteiger partial charge on any atom is 0.291 e. The van der Waals surface area contributed by atoms with Gasteiger partial charge in [-0.2, -0.15) is 4.98 Å². The van der Waals surface area contributed by atoms with Crippen molar-refractivity contribution in [2.24, 2.45) is 7.05 Å². The van der Waals surface area contributed by atoms with Gasteiger partial charge in [0.1, 0.15) is 11.3 Å². The van der Waals surface area contributed by atoms with Gasteiger partial charge in [-0.1, -0.05) is 18.2 Å². The number of nitrogens with one attached hydrogen (secondary N) is 1. The molecule has 0 saturated carbocycles. The lowest BCUT2D eigenvalue weighted by Gasteiger charge is -2.00. The van der Waals surface area contributed by atoms with E-state index < -0.39 is 5.91 Å². The standard InChI is InChI=1S/C14H13ClN4O2/c1-8-9-5-3-4-6-10(9)21-11(8)7-16-13(20)12-17-14(15)19(2)18-12/h3-6H,7H2,1-2H3,(H,16,20). The lowest BCUT2D eigenvalue weighted by atomic mass is 10.1. The molecule has 3 aromatic rings. The minimum atomic E-state index is -0.391. The first-order valence-corrected chi connectivity index (χ1v) is 6.76. The molecule has 0 radical (unpaired) electrons. The maximum atomic E-state index is 12.0. The van der Waals surface area contributed by atoms with Crippen molar-refractivity contribution in [3.05, 3.63) is 46.7 Å². The van der Waals surface area contributed by atoms with Gasteiger partial charge in [0.15, 0.2) is 0 Å². The highest BCUT2D eigenvalue weighted by molar-refractivity contribution is 6.28. The second kappa shape index (κ2) is 5.21. The molecule has 0 bridgehead atoms. The van der Waals surface area contributed by atoms with E-state index in [-0.39, 0.29) is 17.7 Å². The monoisotopic (exact) mass is 304 g/mol. The Labute approximate surface area is 125 Å². The van der Waals surface area contributed by atoms with Crippen molar-refractivity contribution < 1.29 is 9.21 Å². The first kappa shape index (κ1) is 13.6. The van der Waals surface area contributed by atoms with Gasteiger partial charge < -0.3 is 9.73 Å². The summed E-state index contributed by atoms with van der Waals surface area (Å²) in [6.07, 6.45) is 0. The number of furan rings is 1. The number of para-hydroxylation sites is 1. The number of fused-ring (bicyclic) bond motifs is 1. The van der Waals surface area contributed by atoms with Crippen LogP contribution in [0.1, 0.15) is 21.9 Å². The summed E-state index contributed by atoms with van der Waals surface area (Å²) in [7, 11) is 1.62. The third-order valence-electron chi connectivity index (χ3n) is 3.26. The molecule has 2 aromatic heterocycles. The van der Waals surface area contributed by atoms with Crippen molar-refractivity contribution in [2.75, 3.05) is 0 Å². The number of aryl methyl sites for hydroxylation is 2. The van der Waals surface area contributed by atoms with E-state index in [1.807, 2.05) is 31.2 Å². The number of halogens is 1. The Morgan fingerprint density at radius 1 is 1.43 bits per heavy atom. The molecule has 1 aromatic carbocycles. The van der Waals surface area contributed by atoms with Gasteiger partial charge in [0.25, 0.3) is 5.91 Å². The predicted octanol–water partition coefficient (Wildman–Crippen LogP) is 2.45. The van der Waals surface area contributed by atoms with Gasteiger partial charge in [0.05, 0.1) is 6.54 Å². The van der Waals surface area contributed by atoms with Gasteiger partial charge >= 0.3 is 0 Å². The number of hydrogen-bond acceptors (Lipinski definition) is 4. The Morgan fingerprint density at radius 2 is 2.19 bits per heavy atom. The molecule has 108 valence electrons. The van der Waals surface area contributed by atoms with Crippen molar-refractivity contribution in [1.82, 2.24) is 20.1 Å². The van der Waals surface area contributed by atoms with Crippen LogP contribution in [-0.2, 0) is 13.6 Å². The topological polar surface area (TPSA) is 73.0 Å². The van der Waals surface area contributed by atoms with Crippen molar-refractivity contribution in [3.63, 3.8) is 0 Å². The molecule has 2 heterocycles. The van der Waals surface area contributed by atoms with E-state index in [2.05, 4.69) is 15.4 Å². The fourth-order valence-electron chi connectivity index (χ4n) is 2.09. The summed E-state index contributed by atoms with van der Waals surface area (Å²) in [5.41, 5.74) is 1.82. The average Bonchev–Trinajstić information content (AvgIpc) is 2.98. The van der Waals surface area contributed by atoms with Crippen LogP contribution in [0, 0.1) is 6.92 Å². The number of nitrogens with zero attached hydrogens (tertiary/aromatic N) is 3. The fourth-order valence-corrected chi connectivity index (χ4v) is 2.21. The zero-order chi connectivity index (χ0) is 15.0. The van der Waals surface area contributed by atoms with E-state index in [0.29, 0.717) is 5.76 Å². The molecule has 6 nitrogen and oxygen atoms in total. The maximum absolute atomic E-state index is 12.0. The molecule has 0 aliphatic rings. The molecule has 1 amide bonds. The van der Waals surface area contributed by atoms with E-state index in [1.54, 1.807) is 7.05 Å². The number of aromatic nitrogens is 3. The van der Waals surface area contributed by atoms with Gasteiger partial charge in [-0.15, -0.1) is 5.10 Å². The van der Waals surface area contributed by atoms with Gasteiger partial charge in [0, 0.05) is 18.0 Å². The van der Waals surface area contributed by atoms with Crippen LogP contribution in [0.25, 0.3) is 11.0 Å². The first-order valence-electron chi connectivity index (χ1n) is 6.38. The first-order chi connectivity index (χ1) is 10.1. The summed E-state index contributed by atoms with van der Waals surface area (Å²) in [4.78, 5) is 15.8. The molecule has 0 aliphatic carbocycles. The summed E-state index contributed by atoms with van der Waals surface area (Å²) in [6.45, 7) is 2.23. The normalized spacial score (nSPS) is 11.0. The minimum Gasteiger partial charge on any atom is -0.459 e. The molecule has 0 atom stereocenters. The predicted molar refractivity (Wildman–Crippen MR) is 78.1 cm³/mol. The quantitative estimate of drug-likeness (QED) is 0.806. The van der Waals surface area contributed by atoms with Gasteiger partial charge in [0.2, 0.25) is 11.1 Å². The number of carbonyl (C=O) groups excluding carboxylic acids is 1.